The van der Waals surface area contributed by atoms with E-state index in [4.69, 9.17) is 0 Å². The zero-order valence-electron chi connectivity index (χ0n) is 12.5. The number of nitrogens with zero attached hydrogens (tertiary/aromatic N) is 1. The van der Waals surface area contributed by atoms with Crippen molar-refractivity contribution < 1.29 is 12.8 Å². The zero-order chi connectivity index (χ0) is 15.6. The highest BCUT2D eigenvalue weighted by atomic mass is 32.2. The van der Waals surface area contributed by atoms with Crippen molar-refractivity contribution in [1.29, 1.82) is 0 Å². The van der Waals surface area contributed by atoms with E-state index in [2.05, 4.69) is 5.32 Å². The minimum Gasteiger partial charge on any atom is -0.353 e. The largest absolute Gasteiger partial charge is 0.353 e. The molecular weight excluding hydrogens is 311 g/mol. The predicted molar refractivity (Wildman–Crippen MR) is 87.2 cm³/mol. The quantitative estimate of drug-likeness (QED) is 0.914. The maximum atomic E-state index is 13.6. The van der Waals surface area contributed by atoms with Crippen LogP contribution in [0.2, 0.25) is 0 Å². The van der Waals surface area contributed by atoms with Crippen molar-refractivity contribution in [3.05, 3.63) is 29.6 Å². The van der Waals surface area contributed by atoms with Gasteiger partial charge >= 0.3 is 0 Å². The van der Waals surface area contributed by atoms with Crippen molar-refractivity contribution in [3.63, 3.8) is 0 Å². The van der Waals surface area contributed by atoms with E-state index in [0.717, 1.165) is 17.0 Å². The molecule has 0 amide bonds. The van der Waals surface area contributed by atoms with Crippen LogP contribution in [0.4, 0.5) is 10.1 Å². The Balaban J connectivity index is 2.48. The van der Waals surface area contributed by atoms with Gasteiger partial charge in [0.1, 0.15) is 11.2 Å². The normalized spacial score (nSPS) is 21.3. The van der Waals surface area contributed by atoms with E-state index in [1.807, 2.05) is 11.8 Å². The molecule has 1 aliphatic rings. The van der Waals surface area contributed by atoms with Gasteiger partial charge in [-0.05, 0) is 37.7 Å². The lowest BCUT2D eigenvalue weighted by atomic mass is 10.0. The van der Waals surface area contributed by atoms with Crippen LogP contribution in [0.25, 0.3) is 0 Å². The van der Waals surface area contributed by atoms with Gasteiger partial charge in [-0.1, -0.05) is 0 Å². The number of anilines is 1. The Hall–Kier alpha value is -0.790. The number of nitrogens with one attached hydrogen (secondary N) is 1. The molecule has 1 fully saturated rings. The van der Waals surface area contributed by atoms with Crippen LogP contribution in [-0.2, 0) is 9.84 Å². The third kappa shape index (κ3) is 3.70. The highest BCUT2D eigenvalue weighted by Gasteiger charge is 2.32. The topological polar surface area (TPSA) is 49.4 Å². The Bertz CT molecular complexity index is 607. The number of hydrogen-bond acceptors (Lipinski definition) is 5. The molecule has 7 heteroatoms. The first-order chi connectivity index (χ1) is 9.84. The van der Waals surface area contributed by atoms with Crippen LogP contribution in [0.1, 0.15) is 18.5 Å². The Labute approximate surface area is 130 Å². The first-order valence-electron chi connectivity index (χ1n) is 6.84. The Morgan fingerprint density at radius 3 is 2.81 bits per heavy atom. The summed E-state index contributed by atoms with van der Waals surface area (Å²) in [5.74, 6) is 1.11. The highest BCUT2D eigenvalue weighted by Crippen LogP contribution is 2.32. The number of thioether (sulfide) groups is 1. The summed E-state index contributed by atoms with van der Waals surface area (Å²) in [4.78, 5) is 1.90. The minimum atomic E-state index is -3.19. The molecule has 1 aromatic rings. The average Bonchev–Trinajstić information content (AvgIpc) is 2.45. The standard InChI is InChI=1S/C14H21FN2O2S2/c1-10(16-2)12-8-11(15)4-5-13(12)17-6-7-20-9-14(17)21(3,18)19/h4-5,8,10,14,16H,6-7,9H2,1-3H3. The van der Waals surface area contributed by atoms with Crippen LogP contribution in [0.3, 0.4) is 0 Å². The van der Waals surface area contributed by atoms with Crippen molar-refractivity contribution in [1.82, 2.24) is 5.32 Å². The van der Waals surface area contributed by atoms with Crippen molar-refractivity contribution in [2.75, 3.05) is 36.3 Å². The average molecular weight is 332 g/mol. The molecule has 1 N–H and O–H groups in total. The molecule has 1 heterocycles. The summed E-state index contributed by atoms with van der Waals surface area (Å²) >= 11 is 1.64. The number of rotatable bonds is 4. The minimum absolute atomic E-state index is 0.0505. The summed E-state index contributed by atoms with van der Waals surface area (Å²) in [6.07, 6.45) is 1.27. The van der Waals surface area contributed by atoms with Gasteiger partial charge in [0.2, 0.25) is 0 Å². The molecule has 2 rings (SSSR count). The maximum Gasteiger partial charge on any atom is 0.169 e. The SMILES string of the molecule is CNC(C)c1cc(F)ccc1N1CCSCC1S(C)(=O)=O. The van der Waals surface area contributed by atoms with E-state index in [1.54, 1.807) is 24.9 Å². The lowest BCUT2D eigenvalue weighted by molar-refractivity contribution is 0.581. The summed E-state index contributed by atoms with van der Waals surface area (Å²) in [6.45, 7) is 2.59. The van der Waals surface area contributed by atoms with Crippen LogP contribution in [0, 0.1) is 5.82 Å². The monoisotopic (exact) mass is 332 g/mol. The lowest BCUT2D eigenvalue weighted by Gasteiger charge is -2.37. The molecule has 0 bridgehead atoms. The van der Waals surface area contributed by atoms with Crippen LogP contribution < -0.4 is 10.2 Å². The van der Waals surface area contributed by atoms with E-state index in [9.17, 15) is 12.8 Å². The molecule has 0 saturated carbocycles. The van der Waals surface area contributed by atoms with Crippen LogP contribution in [0.15, 0.2) is 18.2 Å². The first kappa shape index (κ1) is 16.6. The van der Waals surface area contributed by atoms with E-state index >= 15 is 0 Å². The zero-order valence-corrected chi connectivity index (χ0v) is 14.1. The fourth-order valence-electron chi connectivity index (χ4n) is 2.50. The molecule has 21 heavy (non-hydrogen) atoms. The third-order valence-electron chi connectivity index (χ3n) is 3.78. The van der Waals surface area contributed by atoms with Gasteiger partial charge in [0.25, 0.3) is 0 Å². The number of halogens is 1. The molecule has 1 saturated heterocycles. The fourth-order valence-corrected chi connectivity index (χ4v) is 5.33. The summed E-state index contributed by atoms with van der Waals surface area (Å²) in [5, 5.41) is 2.54. The van der Waals surface area contributed by atoms with E-state index in [1.165, 1.54) is 18.4 Å². The highest BCUT2D eigenvalue weighted by molar-refractivity contribution is 8.01. The molecular formula is C14H21FN2O2S2. The van der Waals surface area contributed by atoms with Gasteiger partial charge in [0.05, 0.1) is 0 Å². The summed E-state index contributed by atoms with van der Waals surface area (Å²) in [7, 11) is -1.39. The van der Waals surface area contributed by atoms with Gasteiger partial charge in [-0.2, -0.15) is 11.8 Å². The molecule has 1 aromatic carbocycles. The smallest absolute Gasteiger partial charge is 0.169 e. The molecule has 0 aromatic heterocycles. The van der Waals surface area contributed by atoms with Crippen molar-refractivity contribution >= 4 is 27.3 Å². The fraction of sp³-hybridized carbons (Fsp3) is 0.571. The summed E-state index contributed by atoms with van der Waals surface area (Å²) < 4.78 is 37.7. The van der Waals surface area contributed by atoms with E-state index < -0.39 is 15.2 Å². The molecule has 2 unspecified atom stereocenters. The van der Waals surface area contributed by atoms with Gasteiger partial charge < -0.3 is 10.2 Å². The second-order valence-electron chi connectivity index (χ2n) is 5.27. The number of hydrogen-bond donors (Lipinski definition) is 1. The van der Waals surface area contributed by atoms with Gasteiger partial charge in [-0.25, -0.2) is 12.8 Å². The molecule has 4 nitrogen and oxygen atoms in total. The van der Waals surface area contributed by atoms with Crippen molar-refractivity contribution in [2.45, 2.75) is 18.3 Å². The van der Waals surface area contributed by atoms with Gasteiger partial charge in [-0.15, -0.1) is 0 Å². The summed E-state index contributed by atoms with van der Waals surface area (Å²) in [5.41, 5.74) is 1.59. The van der Waals surface area contributed by atoms with Gasteiger partial charge in [0, 0.05) is 36.0 Å². The molecule has 118 valence electrons. The Morgan fingerprint density at radius 2 is 2.19 bits per heavy atom. The van der Waals surface area contributed by atoms with E-state index in [-0.39, 0.29) is 11.9 Å². The Kier molecular flexibility index (Phi) is 5.16. The second-order valence-corrected chi connectivity index (χ2v) is 8.62. The Morgan fingerprint density at radius 1 is 1.48 bits per heavy atom. The number of benzene rings is 1. The lowest BCUT2D eigenvalue weighted by Crippen LogP contribution is -2.47. The van der Waals surface area contributed by atoms with Crippen molar-refractivity contribution in [2.24, 2.45) is 0 Å². The van der Waals surface area contributed by atoms with Crippen LogP contribution in [0.5, 0.6) is 0 Å². The van der Waals surface area contributed by atoms with E-state index in [0.29, 0.717) is 12.3 Å². The van der Waals surface area contributed by atoms with Gasteiger partial charge in [0.15, 0.2) is 9.84 Å². The molecule has 2 atom stereocenters. The summed E-state index contributed by atoms with van der Waals surface area (Å²) in [6, 6.07) is 4.51. The molecule has 0 aliphatic carbocycles. The predicted octanol–water partition coefficient (Wildman–Crippen LogP) is 2.03. The van der Waals surface area contributed by atoms with Crippen LogP contribution >= 0.6 is 11.8 Å². The van der Waals surface area contributed by atoms with Gasteiger partial charge in [-0.3, -0.25) is 0 Å². The van der Waals surface area contributed by atoms with Crippen molar-refractivity contribution in [3.8, 4) is 0 Å². The van der Waals surface area contributed by atoms with Crippen LogP contribution in [-0.4, -0.2) is 45.1 Å². The second kappa shape index (κ2) is 6.54. The molecule has 1 aliphatic heterocycles. The first-order valence-corrected chi connectivity index (χ1v) is 9.95. The number of sulfone groups is 1. The molecule has 0 spiro atoms. The third-order valence-corrected chi connectivity index (χ3v) is 6.42. The molecule has 0 radical (unpaired) electrons. The maximum absolute atomic E-state index is 13.6.